The first-order chi connectivity index (χ1) is 5.56. The van der Waals surface area contributed by atoms with E-state index in [1.807, 2.05) is 0 Å². The van der Waals surface area contributed by atoms with Gasteiger partial charge >= 0.3 is 5.97 Å². The van der Waals surface area contributed by atoms with Gasteiger partial charge in [-0.2, -0.15) is 0 Å². The van der Waals surface area contributed by atoms with Gasteiger partial charge in [-0.3, -0.25) is 0 Å². The number of cyclic esters (lactones) is 1. The molecule has 3 heteroatoms. The first-order valence-electron chi connectivity index (χ1n) is 3.93. The van der Waals surface area contributed by atoms with E-state index >= 15 is 0 Å². The summed E-state index contributed by atoms with van der Waals surface area (Å²) in [6, 6.07) is 0. The van der Waals surface area contributed by atoms with Gasteiger partial charge in [0.1, 0.15) is 11.9 Å². The average molecular weight is 168 g/mol. The molecular weight excluding hydrogens is 156 g/mol. The molecule has 0 radical (unpaired) electrons. The summed E-state index contributed by atoms with van der Waals surface area (Å²) in [5, 5.41) is 0. The van der Waals surface area contributed by atoms with Crippen LogP contribution in [0, 0.1) is 5.92 Å². The standard InChI is InChI=1S/C9H12O3/c1-7(6-10)5-9(2)4-3-8(11)12-9/h3-4,6-7H,5H2,1-2H3. The molecule has 1 rings (SSSR count). The molecule has 0 spiro atoms. The van der Waals surface area contributed by atoms with Crippen LogP contribution in [0.2, 0.25) is 0 Å². The van der Waals surface area contributed by atoms with E-state index in [2.05, 4.69) is 0 Å². The van der Waals surface area contributed by atoms with Crippen LogP contribution in [0.15, 0.2) is 12.2 Å². The van der Waals surface area contributed by atoms with Crippen LogP contribution in [0.3, 0.4) is 0 Å². The second kappa shape index (κ2) is 3.09. The quantitative estimate of drug-likeness (QED) is 0.468. The molecule has 0 amide bonds. The summed E-state index contributed by atoms with van der Waals surface area (Å²) in [7, 11) is 0. The molecule has 2 atom stereocenters. The zero-order chi connectivity index (χ0) is 9.19. The van der Waals surface area contributed by atoms with Gasteiger partial charge in [0.2, 0.25) is 0 Å². The van der Waals surface area contributed by atoms with Gasteiger partial charge in [-0.25, -0.2) is 4.79 Å². The van der Waals surface area contributed by atoms with E-state index in [4.69, 9.17) is 4.74 Å². The SMILES string of the molecule is CC(C=O)CC1(C)C=CC(=O)O1. The van der Waals surface area contributed by atoms with Crippen molar-refractivity contribution in [2.75, 3.05) is 0 Å². The van der Waals surface area contributed by atoms with Gasteiger partial charge in [0.05, 0.1) is 0 Å². The number of hydrogen-bond donors (Lipinski definition) is 0. The van der Waals surface area contributed by atoms with Crippen LogP contribution in [0.25, 0.3) is 0 Å². The highest BCUT2D eigenvalue weighted by Crippen LogP contribution is 2.26. The lowest BCUT2D eigenvalue weighted by Gasteiger charge is -2.22. The fourth-order valence-corrected chi connectivity index (χ4v) is 1.34. The molecule has 3 nitrogen and oxygen atoms in total. The Balaban J connectivity index is 2.57. The van der Waals surface area contributed by atoms with Crippen molar-refractivity contribution in [3.8, 4) is 0 Å². The monoisotopic (exact) mass is 168 g/mol. The molecule has 0 aromatic carbocycles. The minimum absolute atomic E-state index is 0.0782. The third kappa shape index (κ3) is 1.94. The maximum absolute atomic E-state index is 10.7. The fourth-order valence-electron chi connectivity index (χ4n) is 1.34. The Morgan fingerprint density at radius 1 is 1.75 bits per heavy atom. The molecule has 66 valence electrons. The number of carbonyl (C=O) groups excluding carboxylic acids is 2. The first-order valence-corrected chi connectivity index (χ1v) is 3.93. The van der Waals surface area contributed by atoms with Gasteiger partial charge in [0.25, 0.3) is 0 Å². The highest BCUT2D eigenvalue weighted by atomic mass is 16.6. The van der Waals surface area contributed by atoms with Crippen LogP contribution in [0.1, 0.15) is 20.3 Å². The molecule has 0 fully saturated rings. The van der Waals surface area contributed by atoms with Crippen LogP contribution >= 0.6 is 0 Å². The number of carbonyl (C=O) groups is 2. The van der Waals surface area contributed by atoms with Crippen molar-refractivity contribution in [1.82, 2.24) is 0 Å². The summed E-state index contributed by atoms with van der Waals surface area (Å²) in [5.41, 5.74) is -0.572. The molecule has 0 saturated carbocycles. The minimum atomic E-state index is -0.572. The first kappa shape index (κ1) is 8.97. The average Bonchev–Trinajstić information content (AvgIpc) is 2.30. The lowest BCUT2D eigenvalue weighted by Crippen LogP contribution is -2.26. The van der Waals surface area contributed by atoms with Crippen molar-refractivity contribution in [3.05, 3.63) is 12.2 Å². The van der Waals surface area contributed by atoms with Gasteiger partial charge in [-0.15, -0.1) is 0 Å². The lowest BCUT2D eigenvalue weighted by molar-refractivity contribution is -0.145. The molecule has 12 heavy (non-hydrogen) atoms. The smallest absolute Gasteiger partial charge is 0.331 e. The van der Waals surface area contributed by atoms with E-state index in [0.717, 1.165) is 6.29 Å². The van der Waals surface area contributed by atoms with Gasteiger partial charge in [-0.1, -0.05) is 6.92 Å². The number of aldehydes is 1. The maximum Gasteiger partial charge on any atom is 0.331 e. The van der Waals surface area contributed by atoms with Crippen molar-refractivity contribution in [3.63, 3.8) is 0 Å². The third-order valence-corrected chi connectivity index (χ3v) is 1.87. The number of hydrogen-bond acceptors (Lipinski definition) is 3. The van der Waals surface area contributed by atoms with Crippen LogP contribution in [0.5, 0.6) is 0 Å². The van der Waals surface area contributed by atoms with Crippen molar-refractivity contribution in [2.45, 2.75) is 25.9 Å². The molecular formula is C9H12O3. The van der Waals surface area contributed by atoms with Crippen LogP contribution in [-0.4, -0.2) is 17.9 Å². The Morgan fingerprint density at radius 2 is 2.42 bits per heavy atom. The van der Waals surface area contributed by atoms with Crippen LogP contribution < -0.4 is 0 Å². The summed E-state index contributed by atoms with van der Waals surface area (Å²) in [6.45, 7) is 3.60. The van der Waals surface area contributed by atoms with Crippen molar-refractivity contribution in [1.29, 1.82) is 0 Å². The Morgan fingerprint density at radius 3 is 2.83 bits per heavy atom. The second-order valence-electron chi connectivity index (χ2n) is 3.38. The molecule has 0 bridgehead atoms. The Hall–Kier alpha value is -1.12. The molecule has 0 aromatic heterocycles. The summed E-state index contributed by atoms with van der Waals surface area (Å²) in [5.74, 6) is -0.402. The zero-order valence-electron chi connectivity index (χ0n) is 7.24. The summed E-state index contributed by atoms with van der Waals surface area (Å²) < 4.78 is 5.01. The second-order valence-corrected chi connectivity index (χ2v) is 3.38. The molecule has 0 saturated heterocycles. The molecule has 0 aliphatic carbocycles. The Labute approximate surface area is 71.4 Å². The third-order valence-electron chi connectivity index (χ3n) is 1.87. The predicted octanol–water partition coefficient (Wildman–Crippen LogP) is 1.08. The van der Waals surface area contributed by atoms with Crippen molar-refractivity contribution in [2.24, 2.45) is 5.92 Å². The normalized spacial score (nSPS) is 30.0. The summed E-state index contributed by atoms with van der Waals surface area (Å²) in [6.07, 6.45) is 4.52. The molecule has 1 aliphatic rings. The number of esters is 1. The summed E-state index contributed by atoms with van der Waals surface area (Å²) >= 11 is 0. The van der Waals surface area contributed by atoms with E-state index in [1.165, 1.54) is 6.08 Å². The lowest BCUT2D eigenvalue weighted by atomic mass is 9.94. The molecule has 1 aliphatic heterocycles. The molecule has 0 aromatic rings. The minimum Gasteiger partial charge on any atom is -0.452 e. The zero-order valence-corrected chi connectivity index (χ0v) is 7.24. The molecule has 2 unspecified atom stereocenters. The predicted molar refractivity (Wildman–Crippen MR) is 43.5 cm³/mol. The summed E-state index contributed by atoms with van der Waals surface area (Å²) in [4.78, 5) is 21.1. The maximum atomic E-state index is 10.7. The largest absolute Gasteiger partial charge is 0.452 e. The van der Waals surface area contributed by atoms with E-state index in [9.17, 15) is 9.59 Å². The fraction of sp³-hybridized carbons (Fsp3) is 0.556. The number of rotatable bonds is 3. The molecule has 0 N–H and O–H groups in total. The van der Waals surface area contributed by atoms with E-state index in [-0.39, 0.29) is 11.9 Å². The van der Waals surface area contributed by atoms with Gasteiger partial charge < -0.3 is 9.53 Å². The highest BCUT2D eigenvalue weighted by Gasteiger charge is 2.31. The topological polar surface area (TPSA) is 43.4 Å². The van der Waals surface area contributed by atoms with Gasteiger partial charge in [-0.05, 0) is 19.4 Å². The van der Waals surface area contributed by atoms with Crippen molar-refractivity contribution < 1.29 is 14.3 Å². The van der Waals surface area contributed by atoms with Gasteiger partial charge in [0.15, 0.2) is 0 Å². The van der Waals surface area contributed by atoms with Crippen LogP contribution in [0.4, 0.5) is 0 Å². The number of ether oxygens (including phenoxy) is 1. The Kier molecular flexibility index (Phi) is 2.31. The van der Waals surface area contributed by atoms with Crippen LogP contribution in [-0.2, 0) is 14.3 Å². The van der Waals surface area contributed by atoms with E-state index in [0.29, 0.717) is 6.42 Å². The Bertz CT molecular complexity index is 232. The van der Waals surface area contributed by atoms with E-state index < -0.39 is 5.60 Å². The van der Waals surface area contributed by atoms with Crippen molar-refractivity contribution >= 4 is 12.3 Å². The van der Waals surface area contributed by atoms with E-state index in [1.54, 1.807) is 19.9 Å². The molecule has 1 heterocycles. The van der Waals surface area contributed by atoms with Gasteiger partial charge in [0, 0.05) is 12.0 Å². The highest BCUT2D eigenvalue weighted by molar-refractivity contribution is 5.85.